The van der Waals surface area contributed by atoms with Gasteiger partial charge in [0.05, 0.1) is 13.7 Å². The monoisotopic (exact) mass is 232 g/mol. The second-order valence-corrected chi connectivity index (χ2v) is 3.88. The number of ether oxygens (including phenoxy) is 1. The molecule has 3 N–H and O–H groups in total. The van der Waals surface area contributed by atoms with Gasteiger partial charge in [0.1, 0.15) is 11.6 Å². The van der Waals surface area contributed by atoms with Gasteiger partial charge in [-0.05, 0) is 24.1 Å². The molecule has 0 bridgehead atoms. The van der Waals surface area contributed by atoms with Gasteiger partial charge in [0, 0.05) is 6.42 Å². The van der Waals surface area contributed by atoms with Gasteiger partial charge in [0.25, 0.3) is 0 Å². The van der Waals surface area contributed by atoms with Crippen molar-refractivity contribution in [3.63, 3.8) is 0 Å². The number of rotatable bonds is 4. The van der Waals surface area contributed by atoms with Crippen LogP contribution in [-0.4, -0.2) is 22.3 Å². The number of hydrogen-bond acceptors (Lipinski definition) is 4. The summed E-state index contributed by atoms with van der Waals surface area (Å²) in [6.07, 6.45) is 0.720. The zero-order chi connectivity index (χ0) is 12.3. The van der Waals surface area contributed by atoms with Crippen LogP contribution in [0.1, 0.15) is 22.8 Å². The highest BCUT2D eigenvalue weighted by molar-refractivity contribution is 5.37. The van der Waals surface area contributed by atoms with Crippen LogP contribution in [0.4, 0.5) is 0 Å². The first-order valence-electron chi connectivity index (χ1n) is 5.46. The highest BCUT2D eigenvalue weighted by Gasteiger charge is 2.05. The van der Waals surface area contributed by atoms with Crippen molar-refractivity contribution in [1.29, 1.82) is 0 Å². The fourth-order valence-electron chi connectivity index (χ4n) is 1.75. The zero-order valence-electron chi connectivity index (χ0n) is 10.0. The molecule has 0 atom stereocenters. The van der Waals surface area contributed by atoms with Gasteiger partial charge in [0.15, 0.2) is 5.82 Å². The Kier molecular flexibility index (Phi) is 3.39. The summed E-state index contributed by atoms with van der Waals surface area (Å²) in [6.45, 7) is 2.38. The van der Waals surface area contributed by atoms with E-state index in [1.54, 1.807) is 7.11 Å². The van der Waals surface area contributed by atoms with Crippen LogP contribution in [0.25, 0.3) is 0 Å². The molecule has 17 heavy (non-hydrogen) atoms. The summed E-state index contributed by atoms with van der Waals surface area (Å²) in [5.74, 6) is 2.37. The van der Waals surface area contributed by atoms with Crippen molar-refractivity contribution in [2.75, 3.05) is 7.11 Å². The topological polar surface area (TPSA) is 76.8 Å². The summed E-state index contributed by atoms with van der Waals surface area (Å²) >= 11 is 0. The van der Waals surface area contributed by atoms with Crippen molar-refractivity contribution in [2.45, 2.75) is 19.9 Å². The highest BCUT2D eigenvalue weighted by Crippen LogP contribution is 2.19. The van der Waals surface area contributed by atoms with Crippen molar-refractivity contribution in [3.8, 4) is 5.75 Å². The van der Waals surface area contributed by atoms with E-state index < -0.39 is 0 Å². The van der Waals surface area contributed by atoms with Gasteiger partial charge in [0.2, 0.25) is 0 Å². The lowest BCUT2D eigenvalue weighted by Crippen LogP contribution is -1.98. The van der Waals surface area contributed by atoms with E-state index in [0.717, 1.165) is 23.6 Å². The van der Waals surface area contributed by atoms with E-state index in [4.69, 9.17) is 10.5 Å². The van der Waals surface area contributed by atoms with Crippen LogP contribution in [0.2, 0.25) is 0 Å². The number of aromatic nitrogens is 3. The summed E-state index contributed by atoms with van der Waals surface area (Å²) in [5.41, 5.74) is 7.74. The Morgan fingerprint density at radius 3 is 2.82 bits per heavy atom. The third-order valence-corrected chi connectivity index (χ3v) is 2.59. The van der Waals surface area contributed by atoms with Gasteiger partial charge in [-0.2, -0.15) is 5.10 Å². The molecule has 5 nitrogen and oxygen atoms in total. The van der Waals surface area contributed by atoms with Crippen LogP contribution in [0.15, 0.2) is 18.2 Å². The molecular weight excluding hydrogens is 216 g/mol. The lowest BCUT2D eigenvalue weighted by Gasteiger charge is -2.06. The van der Waals surface area contributed by atoms with Crippen LogP contribution in [-0.2, 0) is 13.0 Å². The Bertz CT molecular complexity index is 507. The van der Waals surface area contributed by atoms with Crippen LogP contribution in [0.3, 0.4) is 0 Å². The molecule has 0 saturated heterocycles. The van der Waals surface area contributed by atoms with E-state index in [2.05, 4.69) is 21.2 Å². The number of nitrogens with two attached hydrogens (primary N) is 1. The zero-order valence-corrected chi connectivity index (χ0v) is 10.0. The molecule has 5 heteroatoms. The standard InChI is InChI=1S/C12H16N4O/c1-8-5-9(3-4-10(8)17-2)6-11-14-12(7-13)16-15-11/h3-5H,6-7,13H2,1-2H3,(H,14,15,16). The van der Waals surface area contributed by atoms with Crippen LogP contribution in [0, 0.1) is 6.92 Å². The number of nitrogens with one attached hydrogen (secondary N) is 1. The maximum absolute atomic E-state index is 5.46. The first-order chi connectivity index (χ1) is 8.22. The minimum atomic E-state index is 0.359. The SMILES string of the molecule is COc1ccc(Cc2nc(CN)n[nH]2)cc1C. The van der Waals surface area contributed by atoms with E-state index in [-0.39, 0.29) is 0 Å². The third kappa shape index (κ3) is 2.62. The minimum absolute atomic E-state index is 0.359. The molecule has 2 aromatic rings. The van der Waals surface area contributed by atoms with Gasteiger partial charge in [-0.15, -0.1) is 0 Å². The molecule has 0 spiro atoms. The second-order valence-electron chi connectivity index (χ2n) is 3.88. The minimum Gasteiger partial charge on any atom is -0.496 e. The van der Waals surface area contributed by atoms with Crippen LogP contribution < -0.4 is 10.5 Å². The van der Waals surface area contributed by atoms with Crippen molar-refractivity contribution >= 4 is 0 Å². The Labute approximate surface area is 100 Å². The summed E-state index contributed by atoms with van der Waals surface area (Å²) < 4.78 is 5.22. The maximum atomic E-state index is 5.46. The average Bonchev–Trinajstić information content (AvgIpc) is 2.77. The Hall–Kier alpha value is -1.88. The molecule has 0 saturated carbocycles. The molecular formula is C12H16N4O. The first kappa shape index (κ1) is 11.6. The van der Waals surface area contributed by atoms with Gasteiger partial charge in [-0.1, -0.05) is 12.1 Å². The molecule has 1 aromatic carbocycles. The number of aromatic amines is 1. The predicted molar refractivity (Wildman–Crippen MR) is 64.8 cm³/mol. The van der Waals surface area contributed by atoms with Crippen LogP contribution >= 0.6 is 0 Å². The van der Waals surface area contributed by atoms with E-state index >= 15 is 0 Å². The Morgan fingerprint density at radius 2 is 2.24 bits per heavy atom. The lowest BCUT2D eigenvalue weighted by molar-refractivity contribution is 0.411. The van der Waals surface area contributed by atoms with Crippen molar-refractivity contribution in [2.24, 2.45) is 5.73 Å². The first-order valence-corrected chi connectivity index (χ1v) is 5.46. The van der Waals surface area contributed by atoms with Gasteiger partial charge in [-0.25, -0.2) is 4.98 Å². The number of methoxy groups -OCH3 is 1. The van der Waals surface area contributed by atoms with E-state index in [1.807, 2.05) is 19.1 Å². The molecule has 0 amide bonds. The summed E-state index contributed by atoms with van der Waals surface area (Å²) in [7, 11) is 1.67. The molecule has 0 radical (unpaired) electrons. The number of hydrogen-bond donors (Lipinski definition) is 2. The summed E-state index contributed by atoms with van der Waals surface area (Å²) in [4.78, 5) is 4.27. The average molecular weight is 232 g/mol. The molecule has 0 aliphatic rings. The molecule has 90 valence electrons. The fraction of sp³-hybridized carbons (Fsp3) is 0.333. The third-order valence-electron chi connectivity index (χ3n) is 2.59. The number of aryl methyl sites for hydroxylation is 1. The molecule has 1 heterocycles. The molecule has 0 aliphatic heterocycles. The summed E-state index contributed by atoms with van der Waals surface area (Å²) in [6, 6.07) is 6.07. The molecule has 0 unspecified atom stereocenters. The van der Waals surface area contributed by atoms with Gasteiger partial charge < -0.3 is 10.5 Å². The molecule has 0 fully saturated rings. The largest absolute Gasteiger partial charge is 0.496 e. The summed E-state index contributed by atoms with van der Waals surface area (Å²) in [5, 5.41) is 6.88. The Morgan fingerprint density at radius 1 is 1.41 bits per heavy atom. The van der Waals surface area contributed by atoms with Crippen molar-refractivity contribution in [1.82, 2.24) is 15.2 Å². The second kappa shape index (κ2) is 4.97. The maximum Gasteiger partial charge on any atom is 0.164 e. The Balaban J connectivity index is 2.15. The van der Waals surface area contributed by atoms with E-state index in [1.165, 1.54) is 5.56 Å². The molecule has 1 aromatic heterocycles. The molecule has 0 aliphatic carbocycles. The van der Waals surface area contributed by atoms with Gasteiger partial charge in [-0.3, -0.25) is 5.10 Å². The normalized spacial score (nSPS) is 10.5. The van der Waals surface area contributed by atoms with Crippen LogP contribution in [0.5, 0.6) is 5.75 Å². The highest BCUT2D eigenvalue weighted by atomic mass is 16.5. The van der Waals surface area contributed by atoms with E-state index in [9.17, 15) is 0 Å². The predicted octanol–water partition coefficient (Wildman–Crippen LogP) is 1.17. The number of nitrogens with zero attached hydrogens (tertiary/aromatic N) is 2. The van der Waals surface area contributed by atoms with E-state index in [0.29, 0.717) is 12.4 Å². The lowest BCUT2D eigenvalue weighted by atomic mass is 10.1. The van der Waals surface area contributed by atoms with Gasteiger partial charge >= 0.3 is 0 Å². The number of H-pyrrole nitrogens is 1. The molecule has 2 rings (SSSR count). The number of benzene rings is 1. The fourth-order valence-corrected chi connectivity index (χ4v) is 1.75. The van der Waals surface area contributed by atoms with Crippen molar-refractivity contribution < 1.29 is 4.74 Å². The van der Waals surface area contributed by atoms with Crippen molar-refractivity contribution in [3.05, 3.63) is 41.0 Å². The smallest absolute Gasteiger partial charge is 0.164 e. The quantitative estimate of drug-likeness (QED) is 0.829.